The van der Waals surface area contributed by atoms with Gasteiger partial charge in [0.2, 0.25) is 0 Å². The number of rotatable bonds is 5. The lowest BCUT2D eigenvalue weighted by Gasteiger charge is -2.31. The fourth-order valence-corrected chi connectivity index (χ4v) is 2.10. The van der Waals surface area contributed by atoms with Crippen LogP contribution in [0.15, 0.2) is 4.99 Å². The maximum Gasteiger partial charge on any atom is 0.191 e. The topological polar surface area (TPSA) is 48.9 Å². The minimum atomic E-state index is 0.489. The van der Waals surface area contributed by atoms with Crippen LogP contribution in [0.25, 0.3) is 0 Å². The lowest BCUT2D eigenvalue weighted by Crippen LogP contribution is -2.44. The molecule has 1 saturated carbocycles. The van der Waals surface area contributed by atoms with Crippen molar-refractivity contribution in [1.82, 2.24) is 15.5 Å². The first kappa shape index (κ1) is 13.6. The summed E-state index contributed by atoms with van der Waals surface area (Å²) in [5.41, 5.74) is 0. The minimum absolute atomic E-state index is 0.489. The molecule has 0 amide bonds. The predicted octanol–water partition coefficient (Wildman–Crippen LogP) is 0.425. The fraction of sp³-hybridized carbons (Fsp3) is 0.923. The van der Waals surface area contributed by atoms with Crippen molar-refractivity contribution in [1.29, 1.82) is 0 Å². The van der Waals surface area contributed by atoms with E-state index in [2.05, 4.69) is 34.4 Å². The molecule has 104 valence electrons. The van der Waals surface area contributed by atoms with Gasteiger partial charge in [0.25, 0.3) is 0 Å². The summed E-state index contributed by atoms with van der Waals surface area (Å²) in [4.78, 5) is 7.13. The molecule has 0 aromatic rings. The molecule has 0 aromatic carbocycles. The van der Waals surface area contributed by atoms with Crippen molar-refractivity contribution in [2.75, 3.05) is 39.4 Å². The second kappa shape index (κ2) is 6.95. The van der Waals surface area contributed by atoms with E-state index in [1.54, 1.807) is 0 Å². The predicted molar refractivity (Wildman–Crippen MR) is 74.0 cm³/mol. The van der Waals surface area contributed by atoms with E-state index in [4.69, 9.17) is 4.74 Å². The highest BCUT2D eigenvalue weighted by Crippen LogP contribution is 2.18. The van der Waals surface area contributed by atoms with E-state index in [-0.39, 0.29) is 0 Å². The van der Waals surface area contributed by atoms with Gasteiger partial charge in [0, 0.05) is 31.7 Å². The Balaban J connectivity index is 1.77. The van der Waals surface area contributed by atoms with Crippen molar-refractivity contribution in [3.05, 3.63) is 0 Å². The van der Waals surface area contributed by atoms with Crippen molar-refractivity contribution in [2.24, 2.45) is 4.99 Å². The molecule has 2 fully saturated rings. The molecule has 0 bridgehead atoms. The zero-order chi connectivity index (χ0) is 12.8. The highest BCUT2D eigenvalue weighted by Gasteiger charge is 2.22. The number of guanidine groups is 1. The zero-order valence-corrected chi connectivity index (χ0v) is 11.6. The summed E-state index contributed by atoms with van der Waals surface area (Å²) < 4.78 is 5.37. The van der Waals surface area contributed by atoms with Crippen molar-refractivity contribution >= 4 is 5.96 Å². The molecule has 1 aliphatic heterocycles. The lowest BCUT2D eigenvalue weighted by molar-refractivity contribution is 0.0220. The van der Waals surface area contributed by atoms with Crippen molar-refractivity contribution in [3.63, 3.8) is 0 Å². The Morgan fingerprint density at radius 2 is 2.11 bits per heavy atom. The normalized spacial score (nSPS) is 23.8. The van der Waals surface area contributed by atoms with Crippen LogP contribution >= 0.6 is 0 Å². The highest BCUT2D eigenvalue weighted by molar-refractivity contribution is 5.80. The number of hydrogen-bond acceptors (Lipinski definition) is 3. The molecule has 0 aromatic heterocycles. The number of ether oxygens (including phenoxy) is 1. The summed E-state index contributed by atoms with van der Waals surface area (Å²) in [5.74, 6) is 0.972. The van der Waals surface area contributed by atoms with E-state index >= 15 is 0 Å². The first-order valence-corrected chi connectivity index (χ1v) is 7.16. The van der Waals surface area contributed by atoms with E-state index in [9.17, 15) is 0 Å². The average molecular weight is 254 g/mol. The first-order valence-electron chi connectivity index (χ1n) is 7.16. The largest absolute Gasteiger partial charge is 0.379 e. The van der Waals surface area contributed by atoms with E-state index < -0.39 is 0 Å². The van der Waals surface area contributed by atoms with Crippen LogP contribution in [0.3, 0.4) is 0 Å². The molecule has 18 heavy (non-hydrogen) atoms. The quantitative estimate of drug-likeness (QED) is 0.552. The summed E-state index contributed by atoms with van der Waals surface area (Å²) in [6.45, 7) is 9.90. The molecule has 2 aliphatic rings. The number of aliphatic imine (C=N–C) groups is 1. The van der Waals surface area contributed by atoms with Gasteiger partial charge < -0.3 is 15.4 Å². The molecule has 5 nitrogen and oxygen atoms in total. The molecule has 1 unspecified atom stereocenters. The van der Waals surface area contributed by atoms with E-state index in [1.165, 1.54) is 12.8 Å². The molecule has 0 radical (unpaired) electrons. The highest BCUT2D eigenvalue weighted by atomic mass is 16.5. The van der Waals surface area contributed by atoms with Crippen LogP contribution in [0.4, 0.5) is 0 Å². The molecular weight excluding hydrogens is 228 g/mol. The molecule has 1 atom stereocenters. The van der Waals surface area contributed by atoms with Crippen LogP contribution in [0.5, 0.6) is 0 Å². The van der Waals surface area contributed by atoms with Crippen molar-refractivity contribution in [2.45, 2.75) is 38.8 Å². The van der Waals surface area contributed by atoms with Gasteiger partial charge in [-0.05, 0) is 26.7 Å². The summed E-state index contributed by atoms with van der Waals surface area (Å²) in [6.07, 6.45) is 2.56. The SMILES string of the molecule is CCNC(=NCC(C)N1CCOCC1)NC1CC1. The summed E-state index contributed by atoms with van der Waals surface area (Å²) in [5, 5.41) is 6.75. The Labute approximate surface area is 110 Å². The summed E-state index contributed by atoms with van der Waals surface area (Å²) in [6, 6.07) is 1.14. The van der Waals surface area contributed by atoms with Crippen LogP contribution in [-0.4, -0.2) is 62.3 Å². The van der Waals surface area contributed by atoms with Gasteiger partial charge in [-0.1, -0.05) is 0 Å². The van der Waals surface area contributed by atoms with Gasteiger partial charge in [-0.15, -0.1) is 0 Å². The van der Waals surface area contributed by atoms with E-state index in [0.717, 1.165) is 45.4 Å². The number of nitrogens with one attached hydrogen (secondary N) is 2. The number of nitrogens with zero attached hydrogens (tertiary/aromatic N) is 2. The van der Waals surface area contributed by atoms with Crippen LogP contribution in [0.2, 0.25) is 0 Å². The third kappa shape index (κ3) is 4.46. The Hall–Kier alpha value is -0.810. The Bertz CT molecular complexity index is 272. The maximum atomic E-state index is 5.37. The third-order valence-corrected chi connectivity index (χ3v) is 3.45. The van der Waals surface area contributed by atoms with E-state index in [1.807, 2.05) is 0 Å². The molecule has 1 saturated heterocycles. The lowest BCUT2D eigenvalue weighted by atomic mass is 10.2. The molecule has 2 rings (SSSR count). The smallest absolute Gasteiger partial charge is 0.191 e. The first-order chi connectivity index (χ1) is 8.79. The number of hydrogen-bond donors (Lipinski definition) is 2. The van der Waals surface area contributed by atoms with Gasteiger partial charge in [0.15, 0.2) is 5.96 Å². The molecule has 2 N–H and O–H groups in total. The molecule has 5 heteroatoms. The molecule has 1 heterocycles. The zero-order valence-electron chi connectivity index (χ0n) is 11.6. The number of morpholine rings is 1. The van der Waals surface area contributed by atoms with Crippen molar-refractivity contribution < 1.29 is 4.74 Å². The van der Waals surface area contributed by atoms with Crippen LogP contribution in [-0.2, 0) is 4.74 Å². The average Bonchev–Trinajstić information content (AvgIpc) is 3.21. The summed E-state index contributed by atoms with van der Waals surface area (Å²) in [7, 11) is 0. The maximum absolute atomic E-state index is 5.37. The van der Waals surface area contributed by atoms with Gasteiger partial charge >= 0.3 is 0 Å². The Morgan fingerprint density at radius 1 is 1.39 bits per heavy atom. The van der Waals surface area contributed by atoms with Crippen LogP contribution in [0, 0.1) is 0 Å². The standard InChI is InChI=1S/C13H26N4O/c1-3-14-13(16-12-4-5-12)15-10-11(2)17-6-8-18-9-7-17/h11-12H,3-10H2,1-2H3,(H2,14,15,16). The molecule has 1 aliphatic carbocycles. The second-order valence-electron chi connectivity index (χ2n) is 5.14. The third-order valence-electron chi connectivity index (χ3n) is 3.45. The van der Waals surface area contributed by atoms with Crippen molar-refractivity contribution in [3.8, 4) is 0 Å². The molecular formula is C13H26N4O. The Kier molecular flexibility index (Phi) is 5.26. The summed E-state index contributed by atoms with van der Waals surface area (Å²) >= 11 is 0. The van der Waals surface area contributed by atoms with Gasteiger partial charge in [-0.2, -0.15) is 0 Å². The van der Waals surface area contributed by atoms with Crippen LogP contribution in [0.1, 0.15) is 26.7 Å². The van der Waals surface area contributed by atoms with E-state index in [0.29, 0.717) is 12.1 Å². The monoisotopic (exact) mass is 254 g/mol. The van der Waals surface area contributed by atoms with Gasteiger partial charge in [-0.25, -0.2) is 0 Å². The Morgan fingerprint density at radius 3 is 2.72 bits per heavy atom. The van der Waals surface area contributed by atoms with Gasteiger partial charge in [-0.3, -0.25) is 9.89 Å². The fourth-order valence-electron chi connectivity index (χ4n) is 2.10. The minimum Gasteiger partial charge on any atom is -0.379 e. The second-order valence-corrected chi connectivity index (χ2v) is 5.14. The van der Waals surface area contributed by atoms with Gasteiger partial charge in [0.05, 0.1) is 19.8 Å². The van der Waals surface area contributed by atoms with Gasteiger partial charge in [0.1, 0.15) is 0 Å². The van der Waals surface area contributed by atoms with Crippen LogP contribution < -0.4 is 10.6 Å². The molecule has 0 spiro atoms.